The summed E-state index contributed by atoms with van der Waals surface area (Å²) in [6.07, 6.45) is 3.09. The molecule has 0 aliphatic heterocycles. The van der Waals surface area contributed by atoms with Gasteiger partial charge in [0.1, 0.15) is 0 Å². The van der Waals surface area contributed by atoms with E-state index in [4.69, 9.17) is 0 Å². The van der Waals surface area contributed by atoms with Gasteiger partial charge in [-0.1, -0.05) is 40.9 Å². The summed E-state index contributed by atoms with van der Waals surface area (Å²) in [7, 11) is 0. The normalized spacial score (nSPS) is 22.2. The first-order valence-electron chi connectivity index (χ1n) is 6.83. The lowest BCUT2D eigenvalue weighted by Crippen LogP contribution is -2.39. The number of aliphatic carboxylic acids is 1. The summed E-state index contributed by atoms with van der Waals surface area (Å²) in [5.41, 5.74) is 0.996. The second-order valence-electron chi connectivity index (χ2n) is 5.18. The van der Waals surface area contributed by atoms with Gasteiger partial charge in [-0.3, -0.25) is 9.59 Å². The molecule has 1 aliphatic rings. The largest absolute Gasteiger partial charge is 0.481 e. The van der Waals surface area contributed by atoms with E-state index in [0.717, 1.165) is 22.9 Å². The summed E-state index contributed by atoms with van der Waals surface area (Å²) in [6, 6.07) is 7.70. The minimum Gasteiger partial charge on any atom is -0.481 e. The zero-order valence-corrected chi connectivity index (χ0v) is 12.7. The van der Waals surface area contributed by atoms with Crippen LogP contribution in [0.25, 0.3) is 0 Å². The molecule has 1 aliphatic carbocycles. The van der Waals surface area contributed by atoms with Crippen LogP contribution in [0.3, 0.4) is 0 Å². The number of amides is 1. The van der Waals surface area contributed by atoms with Crippen LogP contribution >= 0.6 is 15.9 Å². The fourth-order valence-corrected chi connectivity index (χ4v) is 3.15. The third kappa shape index (κ3) is 3.82. The third-order valence-electron chi connectivity index (χ3n) is 3.78. The summed E-state index contributed by atoms with van der Waals surface area (Å²) in [5, 5.41) is 12.1. The van der Waals surface area contributed by atoms with E-state index < -0.39 is 17.8 Å². The van der Waals surface area contributed by atoms with Crippen LogP contribution in [0, 0.1) is 11.8 Å². The molecule has 0 bridgehead atoms. The van der Waals surface area contributed by atoms with Crippen LogP contribution in [0.2, 0.25) is 0 Å². The smallest absolute Gasteiger partial charge is 0.307 e. The Hall–Kier alpha value is -1.36. The number of rotatable bonds is 4. The van der Waals surface area contributed by atoms with E-state index in [9.17, 15) is 14.7 Å². The summed E-state index contributed by atoms with van der Waals surface area (Å²) < 4.78 is 0.963. The van der Waals surface area contributed by atoms with Crippen molar-refractivity contribution in [1.29, 1.82) is 0 Å². The van der Waals surface area contributed by atoms with Gasteiger partial charge in [-0.15, -0.1) is 0 Å². The Morgan fingerprint density at radius 1 is 1.25 bits per heavy atom. The molecule has 2 unspecified atom stereocenters. The molecule has 0 heterocycles. The van der Waals surface area contributed by atoms with E-state index in [0.29, 0.717) is 19.4 Å². The van der Waals surface area contributed by atoms with E-state index in [1.165, 1.54) is 0 Å². The molecule has 108 valence electrons. The summed E-state index contributed by atoms with van der Waals surface area (Å²) >= 11 is 3.38. The maximum Gasteiger partial charge on any atom is 0.307 e. The van der Waals surface area contributed by atoms with Crippen LogP contribution < -0.4 is 5.32 Å². The number of carboxylic acids is 1. The predicted octanol–water partition coefficient (Wildman–Crippen LogP) is 2.96. The summed E-state index contributed by atoms with van der Waals surface area (Å²) in [4.78, 5) is 23.4. The first-order chi connectivity index (χ1) is 9.58. The number of nitrogens with one attached hydrogen (secondary N) is 1. The minimum atomic E-state index is -0.854. The van der Waals surface area contributed by atoms with Gasteiger partial charge in [0, 0.05) is 11.0 Å². The lowest BCUT2D eigenvalue weighted by Gasteiger charge is -2.27. The number of halogens is 1. The second-order valence-corrected chi connectivity index (χ2v) is 6.10. The molecule has 20 heavy (non-hydrogen) atoms. The molecule has 0 aromatic heterocycles. The van der Waals surface area contributed by atoms with Gasteiger partial charge in [-0.25, -0.2) is 0 Å². The first-order valence-corrected chi connectivity index (χ1v) is 7.62. The zero-order chi connectivity index (χ0) is 14.5. The summed E-state index contributed by atoms with van der Waals surface area (Å²) in [6.45, 7) is 0.432. The van der Waals surface area contributed by atoms with Gasteiger partial charge in [-0.2, -0.15) is 0 Å². The van der Waals surface area contributed by atoms with E-state index in [1.807, 2.05) is 24.3 Å². The van der Waals surface area contributed by atoms with Gasteiger partial charge >= 0.3 is 5.97 Å². The maximum atomic E-state index is 12.2. The highest BCUT2D eigenvalue weighted by Gasteiger charge is 2.35. The van der Waals surface area contributed by atoms with Gasteiger partial charge < -0.3 is 10.4 Å². The summed E-state index contributed by atoms with van der Waals surface area (Å²) in [5.74, 6) is -1.93. The topological polar surface area (TPSA) is 66.4 Å². The Kier molecular flexibility index (Phi) is 5.17. The molecule has 1 aromatic rings. The zero-order valence-electron chi connectivity index (χ0n) is 11.1. The van der Waals surface area contributed by atoms with Crippen LogP contribution in [0.1, 0.15) is 31.2 Å². The monoisotopic (exact) mass is 339 g/mol. The van der Waals surface area contributed by atoms with E-state index >= 15 is 0 Å². The van der Waals surface area contributed by atoms with Crippen molar-refractivity contribution in [3.05, 3.63) is 34.3 Å². The average molecular weight is 340 g/mol. The first kappa shape index (κ1) is 15.0. The van der Waals surface area contributed by atoms with Crippen LogP contribution in [0.5, 0.6) is 0 Å². The molecule has 1 saturated carbocycles. The fourth-order valence-electron chi connectivity index (χ4n) is 2.71. The fraction of sp³-hybridized carbons (Fsp3) is 0.467. The lowest BCUT2D eigenvalue weighted by atomic mass is 9.78. The molecule has 1 aromatic carbocycles. The van der Waals surface area contributed by atoms with Crippen molar-refractivity contribution in [2.75, 3.05) is 0 Å². The van der Waals surface area contributed by atoms with Crippen LogP contribution in [-0.4, -0.2) is 17.0 Å². The number of hydrogen-bond donors (Lipinski definition) is 2. The van der Waals surface area contributed by atoms with Gasteiger partial charge in [0.25, 0.3) is 0 Å². The van der Waals surface area contributed by atoms with Crippen LogP contribution in [0.4, 0.5) is 0 Å². The molecular formula is C15H18BrNO3. The Balaban J connectivity index is 1.95. The number of carbonyl (C=O) groups is 2. The Morgan fingerprint density at radius 3 is 2.60 bits per heavy atom. The highest BCUT2D eigenvalue weighted by Crippen LogP contribution is 2.30. The van der Waals surface area contributed by atoms with Crippen molar-refractivity contribution in [3.63, 3.8) is 0 Å². The van der Waals surface area contributed by atoms with Crippen molar-refractivity contribution in [3.8, 4) is 0 Å². The number of benzene rings is 1. The molecular weight excluding hydrogens is 322 g/mol. The SMILES string of the molecule is O=C(O)C1CCCCC1C(=O)NCc1cccc(Br)c1. The average Bonchev–Trinajstić information content (AvgIpc) is 2.45. The molecule has 2 N–H and O–H groups in total. The predicted molar refractivity (Wildman–Crippen MR) is 79.1 cm³/mol. The third-order valence-corrected chi connectivity index (χ3v) is 4.27. The molecule has 0 saturated heterocycles. The molecule has 4 nitrogen and oxygen atoms in total. The highest BCUT2D eigenvalue weighted by atomic mass is 79.9. The quantitative estimate of drug-likeness (QED) is 0.886. The minimum absolute atomic E-state index is 0.142. The molecule has 1 fully saturated rings. The number of carbonyl (C=O) groups excluding carboxylic acids is 1. The second kappa shape index (κ2) is 6.88. The Labute approximate surface area is 126 Å². The molecule has 2 rings (SSSR count). The van der Waals surface area contributed by atoms with Crippen molar-refractivity contribution in [1.82, 2.24) is 5.32 Å². The maximum absolute atomic E-state index is 12.2. The molecule has 5 heteroatoms. The van der Waals surface area contributed by atoms with Gasteiger partial charge in [-0.05, 0) is 30.5 Å². The van der Waals surface area contributed by atoms with Gasteiger partial charge in [0.2, 0.25) is 5.91 Å². The van der Waals surface area contributed by atoms with Crippen molar-refractivity contribution < 1.29 is 14.7 Å². The van der Waals surface area contributed by atoms with E-state index in [2.05, 4.69) is 21.2 Å². The number of carboxylic acid groups (broad SMARTS) is 1. The van der Waals surface area contributed by atoms with Crippen molar-refractivity contribution in [2.24, 2.45) is 11.8 Å². The molecule has 1 amide bonds. The Morgan fingerprint density at radius 2 is 1.95 bits per heavy atom. The van der Waals surface area contributed by atoms with E-state index in [1.54, 1.807) is 0 Å². The lowest BCUT2D eigenvalue weighted by molar-refractivity contribution is -0.148. The standard InChI is InChI=1S/C15H18BrNO3/c16-11-5-3-4-10(8-11)9-17-14(18)12-6-1-2-7-13(12)15(19)20/h3-5,8,12-13H,1-2,6-7,9H2,(H,17,18)(H,19,20). The molecule has 0 spiro atoms. The van der Waals surface area contributed by atoms with Gasteiger partial charge in [0.15, 0.2) is 0 Å². The van der Waals surface area contributed by atoms with Crippen LogP contribution in [0.15, 0.2) is 28.7 Å². The van der Waals surface area contributed by atoms with E-state index in [-0.39, 0.29) is 5.91 Å². The molecule has 2 atom stereocenters. The molecule has 0 radical (unpaired) electrons. The number of hydrogen-bond acceptors (Lipinski definition) is 2. The Bertz CT molecular complexity index is 504. The van der Waals surface area contributed by atoms with Crippen molar-refractivity contribution in [2.45, 2.75) is 32.2 Å². The van der Waals surface area contributed by atoms with Crippen molar-refractivity contribution >= 4 is 27.8 Å². The highest BCUT2D eigenvalue weighted by molar-refractivity contribution is 9.10. The van der Waals surface area contributed by atoms with Crippen LogP contribution in [-0.2, 0) is 16.1 Å². The van der Waals surface area contributed by atoms with Gasteiger partial charge in [0.05, 0.1) is 11.8 Å².